The molecule has 148 valence electrons. The van der Waals surface area contributed by atoms with Crippen LogP contribution in [0.2, 0.25) is 0 Å². The molecule has 0 radical (unpaired) electrons. The Kier molecular flexibility index (Phi) is 5.45. The quantitative estimate of drug-likeness (QED) is 0.473. The SMILES string of the molecule is C[C@@H](c1nc2ccccc2s1)N(C)C(=O)CSc1nnnn1-c1ccc(O)cc1. The lowest BCUT2D eigenvalue weighted by Crippen LogP contribution is -2.31. The average molecular weight is 427 g/mol. The highest BCUT2D eigenvalue weighted by atomic mass is 32.2. The maximum absolute atomic E-state index is 12.7. The van der Waals surface area contributed by atoms with Gasteiger partial charge in [0, 0.05) is 7.05 Å². The molecule has 0 saturated carbocycles. The number of carbonyl (C=O) groups is 1. The summed E-state index contributed by atoms with van der Waals surface area (Å²) >= 11 is 2.86. The van der Waals surface area contributed by atoms with Crippen LogP contribution in [0.4, 0.5) is 0 Å². The molecule has 0 spiro atoms. The second kappa shape index (κ2) is 8.18. The summed E-state index contributed by atoms with van der Waals surface area (Å²) in [7, 11) is 1.78. The molecule has 2 aromatic carbocycles. The van der Waals surface area contributed by atoms with E-state index in [-0.39, 0.29) is 23.5 Å². The number of tetrazole rings is 1. The summed E-state index contributed by atoms with van der Waals surface area (Å²) in [6.07, 6.45) is 0. The molecule has 29 heavy (non-hydrogen) atoms. The molecule has 4 rings (SSSR count). The first-order valence-electron chi connectivity index (χ1n) is 8.84. The van der Waals surface area contributed by atoms with E-state index in [4.69, 9.17) is 0 Å². The van der Waals surface area contributed by atoms with Gasteiger partial charge in [0.25, 0.3) is 0 Å². The summed E-state index contributed by atoms with van der Waals surface area (Å²) in [5, 5.41) is 22.5. The summed E-state index contributed by atoms with van der Waals surface area (Å²) in [6.45, 7) is 1.97. The van der Waals surface area contributed by atoms with Crippen LogP contribution in [0.15, 0.2) is 53.7 Å². The van der Waals surface area contributed by atoms with Gasteiger partial charge < -0.3 is 10.0 Å². The van der Waals surface area contributed by atoms with Crippen LogP contribution in [0.5, 0.6) is 5.75 Å². The number of phenols is 1. The number of para-hydroxylation sites is 1. The van der Waals surface area contributed by atoms with Crippen molar-refractivity contribution in [3.05, 3.63) is 53.5 Å². The van der Waals surface area contributed by atoms with E-state index < -0.39 is 0 Å². The molecule has 10 heteroatoms. The molecular formula is C19H18N6O2S2. The van der Waals surface area contributed by atoms with E-state index >= 15 is 0 Å². The molecule has 1 atom stereocenters. The maximum Gasteiger partial charge on any atom is 0.233 e. The highest BCUT2D eigenvalue weighted by Crippen LogP contribution is 2.29. The maximum atomic E-state index is 12.7. The van der Waals surface area contributed by atoms with Gasteiger partial charge in [-0.3, -0.25) is 4.79 Å². The molecule has 1 N–H and O–H groups in total. The average Bonchev–Trinajstić information content (AvgIpc) is 3.38. The molecule has 8 nitrogen and oxygen atoms in total. The number of rotatable bonds is 6. The Morgan fingerprint density at radius 2 is 2.00 bits per heavy atom. The van der Waals surface area contributed by atoms with Crippen LogP contribution in [0.25, 0.3) is 15.9 Å². The molecule has 0 aliphatic heterocycles. The predicted molar refractivity (Wildman–Crippen MR) is 112 cm³/mol. The largest absolute Gasteiger partial charge is 0.508 e. The highest BCUT2D eigenvalue weighted by Gasteiger charge is 2.22. The van der Waals surface area contributed by atoms with Crippen LogP contribution in [-0.4, -0.2) is 53.9 Å². The number of aromatic hydroxyl groups is 1. The molecule has 1 amide bonds. The number of hydrogen-bond acceptors (Lipinski definition) is 8. The van der Waals surface area contributed by atoms with Crippen LogP contribution in [0, 0.1) is 0 Å². The molecular weight excluding hydrogens is 408 g/mol. The van der Waals surface area contributed by atoms with E-state index in [1.807, 2.05) is 31.2 Å². The predicted octanol–water partition coefficient (Wildman–Crippen LogP) is 3.29. The van der Waals surface area contributed by atoms with Crippen molar-refractivity contribution in [1.82, 2.24) is 30.1 Å². The fraction of sp³-hybridized carbons (Fsp3) is 0.211. The van der Waals surface area contributed by atoms with Crippen molar-refractivity contribution >= 4 is 39.2 Å². The van der Waals surface area contributed by atoms with Gasteiger partial charge in [-0.15, -0.1) is 16.4 Å². The lowest BCUT2D eigenvalue weighted by Gasteiger charge is -2.23. The van der Waals surface area contributed by atoms with Gasteiger partial charge in [-0.1, -0.05) is 23.9 Å². The molecule has 0 aliphatic rings. The zero-order chi connectivity index (χ0) is 20.4. The Morgan fingerprint density at radius 1 is 1.24 bits per heavy atom. The van der Waals surface area contributed by atoms with Crippen molar-refractivity contribution in [3.8, 4) is 11.4 Å². The number of hydrogen-bond donors (Lipinski definition) is 1. The minimum Gasteiger partial charge on any atom is -0.508 e. The van der Waals surface area contributed by atoms with Gasteiger partial charge in [-0.2, -0.15) is 4.68 Å². The number of amides is 1. The lowest BCUT2D eigenvalue weighted by atomic mass is 10.3. The van der Waals surface area contributed by atoms with Crippen LogP contribution >= 0.6 is 23.1 Å². The normalized spacial score (nSPS) is 12.2. The number of thiazole rings is 1. The first-order chi connectivity index (χ1) is 14.0. The lowest BCUT2D eigenvalue weighted by molar-refractivity contribution is -0.128. The van der Waals surface area contributed by atoms with E-state index in [0.29, 0.717) is 10.8 Å². The minimum absolute atomic E-state index is 0.0398. The molecule has 0 unspecified atom stereocenters. The second-order valence-electron chi connectivity index (χ2n) is 6.38. The van der Waals surface area contributed by atoms with Gasteiger partial charge >= 0.3 is 0 Å². The Labute approximate surface area is 175 Å². The third-order valence-electron chi connectivity index (χ3n) is 4.50. The van der Waals surface area contributed by atoms with Gasteiger partial charge in [0.05, 0.1) is 27.7 Å². The smallest absolute Gasteiger partial charge is 0.233 e. The fourth-order valence-corrected chi connectivity index (χ4v) is 4.58. The summed E-state index contributed by atoms with van der Waals surface area (Å²) in [4.78, 5) is 19.1. The second-order valence-corrected chi connectivity index (χ2v) is 8.38. The van der Waals surface area contributed by atoms with Crippen LogP contribution in [-0.2, 0) is 4.79 Å². The van der Waals surface area contributed by atoms with Gasteiger partial charge in [-0.25, -0.2) is 4.98 Å². The van der Waals surface area contributed by atoms with E-state index in [9.17, 15) is 9.90 Å². The number of nitrogens with zero attached hydrogens (tertiary/aromatic N) is 6. The topological polar surface area (TPSA) is 97.0 Å². The third-order valence-corrected chi connectivity index (χ3v) is 6.61. The minimum atomic E-state index is -0.131. The van der Waals surface area contributed by atoms with Crippen molar-refractivity contribution < 1.29 is 9.90 Å². The molecule has 0 aliphatic carbocycles. The van der Waals surface area contributed by atoms with E-state index in [1.54, 1.807) is 47.5 Å². The molecule has 2 heterocycles. The molecule has 0 bridgehead atoms. The number of thioether (sulfide) groups is 1. The standard InChI is InChI=1S/C19H18N6O2S2/c1-12(18-20-15-5-3-4-6-16(15)29-18)24(2)17(27)11-28-19-21-22-23-25(19)13-7-9-14(26)10-8-13/h3-10,12,26H,11H2,1-2H3/t12-/m0/s1. The number of carbonyl (C=O) groups excluding carboxylic acids is 1. The molecule has 2 aromatic heterocycles. The Bertz CT molecular complexity index is 1110. The van der Waals surface area contributed by atoms with Crippen molar-refractivity contribution in [2.45, 2.75) is 18.1 Å². The van der Waals surface area contributed by atoms with Crippen molar-refractivity contribution in [1.29, 1.82) is 0 Å². The molecule has 0 fully saturated rings. The fourth-order valence-electron chi connectivity index (χ4n) is 2.70. The van der Waals surface area contributed by atoms with E-state index in [0.717, 1.165) is 15.2 Å². The number of phenolic OH excluding ortho intramolecular Hbond substituents is 1. The van der Waals surface area contributed by atoms with Gasteiger partial charge in [-0.05, 0) is 53.7 Å². The monoisotopic (exact) mass is 426 g/mol. The molecule has 0 saturated heterocycles. The van der Waals surface area contributed by atoms with Gasteiger partial charge in [0.1, 0.15) is 10.8 Å². The van der Waals surface area contributed by atoms with E-state index in [2.05, 4.69) is 20.5 Å². The highest BCUT2D eigenvalue weighted by molar-refractivity contribution is 7.99. The zero-order valence-corrected chi connectivity index (χ0v) is 17.4. The number of fused-ring (bicyclic) bond motifs is 1. The van der Waals surface area contributed by atoms with Crippen LogP contribution in [0.3, 0.4) is 0 Å². The summed E-state index contributed by atoms with van der Waals surface area (Å²) in [5.41, 5.74) is 1.65. The van der Waals surface area contributed by atoms with Gasteiger partial charge in [0.2, 0.25) is 11.1 Å². The van der Waals surface area contributed by atoms with Crippen molar-refractivity contribution in [2.24, 2.45) is 0 Å². The number of aromatic nitrogens is 5. The van der Waals surface area contributed by atoms with Gasteiger partial charge in [0.15, 0.2) is 0 Å². The van der Waals surface area contributed by atoms with Crippen molar-refractivity contribution in [3.63, 3.8) is 0 Å². The first-order valence-corrected chi connectivity index (χ1v) is 10.6. The summed E-state index contributed by atoms with van der Waals surface area (Å²) in [5.74, 6) is 0.322. The van der Waals surface area contributed by atoms with Crippen LogP contribution in [0.1, 0.15) is 18.0 Å². The molecule has 4 aromatic rings. The number of benzene rings is 2. The first kappa shape index (κ1) is 19.3. The van der Waals surface area contributed by atoms with Crippen LogP contribution < -0.4 is 0 Å². The zero-order valence-electron chi connectivity index (χ0n) is 15.8. The Balaban J connectivity index is 1.43. The third kappa shape index (κ3) is 4.08. The Hall–Kier alpha value is -2.98. The summed E-state index contributed by atoms with van der Waals surface area (Å²) in [6, 6.07) is 14.4. The summed E-state index contributed by atoms with van der Waals surface area (Å²) < 4.78 is 2.65. The Morgan fingerprint density at radius 3 is 2.76 bits per heavy atom. The van der Waals surface area contributed by atoms with E-state index in [1.165, 1.54) is 16.4 Å². The van der Waals surface area contributed by atoms with Crippen molar-refractivity contribution in [2.75, 3.05) is 12.8 Å².